The summed E-state index contributed by atoms with van der Waals surface area (Å²) in [6.45, 7) is 2.12. The maximum Gasteiger partial charge on any atom is 0.194 e. The van der Waals surface area contributed by atoms with Crippen LogP contribution in [0.25, 0.3) is 11.3 Å². The van der Waals surface area contributed by atoms with Crippen LogP contribution in [0.5, 0.6) is 0 Å². The summed E-state index contributed by atoms with van der Waals surface area (Å²) in [6, 6.07) is 8.73. The van der Waals surface area contributed by atoms with Crippen molar-refractivity contribution in [3.63, 3.8) is 0 Å². The van der Waals surface area contributed by atoms with Crippen molar-refractivity contribution in [1.82, 2.24) is 10.2 Å². The first-order valence-corrected chi connectivity index (χ1v) is 6.56. The molecule has 0 saturated heterocycles. The molecule has 6 heteroatoms. The second kappa shape index (κ2) is 6.93. The number of hydrogen-bond acceptors (Lipinski definition) is 4. The van der Waals surface area contributed by atoms with E-state index in [-0.39, 0.29) is 29.8 Å². The monoisotopic (exact) mass is 401 g/mol. The molecule has 0 radical (unpaired) electrons. The second-order valence-electron chi connectivity index (χ2n) is 4.76. The number of nitrogens with one attached hydrogen (secondary N) is 1. The lowest BCUT2D eigenvalue weighted by Gasteiger charge is -2.15. The normalized spacial score (nSPS) is 13.8. The van der Waals surface area contributed by atoms with Crippen LogP contribution >= 0.6 is 24.0 Å². The molecule has 21 heavy (non-hydrogen) atoms. The minimum atomic E-state index is -0.243. The SMILES string of the molecule is CN1CCN=C1NCc1ccc(-c2ccco2)cc1F.I. The third-order valence-electron chi connectivity index (χ3n) is 3.35. The minimum Gasteiger partial charge on any atom is -0.464 e. The average Bonchev–Trinajstić information content (AvgIpc) is 3.09. The Morgan fingerprint density at radius 2 is 2.24 bits per heavy atom. The largest absolute Gasteiger partial charge is 0.464 e. The molecule has 0 bridgehead atoms. The van der Waals surface area contributed by atoms with Crippen LogP contribution < -0.4 is 5.32 Å². The van der Waals surface area contributed by atoms with E-state index in [2.05, 4.69) is 10.3 Å². The molecule has 0 spiro atoms. The van der Waals surface area contributed by atoms with Gasteiger partial charge in [0.15, 0.2) is 5.96 Å². The number of nitrogens with zero attached hydrogens (tertiary/aromatic N) is 2. The van der Waals surface area contributed by atoms with Gasteiger partial charge in [-0.1, -0.05) is 12.1 Å². The van der Waals surface area contributed by atoms with Crippen LogP contribution in [-0.2, 0) is 6.54 Å². The van der Waals surface area contributed by atoms with Crippen molar-refractivity contribution in [2.45, 2.75) is 6.54 Å². The molecule has 0 aliphatic carbocycles. The lowest BCUT2D eigenvalue weighted by molar-refractivity contribution is 0.530. The summed E-state index contributed by atoms with van der Waals surface area (Å²) in [5.74, 6) is 1.25. The van der Waals surface area contributed by atoms with E-state index in [9.17, 15) is 4.39 Å². The van der Waals surface area contributed by atoms with E-state index in [1.54, 1.807) is 18.4 Å². The van der Waals surface area contributed by atoms with Gasteiger partial charge >= 0.3 is 0 Å². The first-order valence-electron chi connectivity index (χ1n) is 6.56. The maximum absolute atomic E-state index is 14.1. The molecule has 2 heterocycles. The molecular formula is C15H17FIN3O. The summed E-state index contributed by atoms with van der Waals surface area (Å²) in [5, 5.41) is 3.16. The van der Waals surface area contributed by atoms with Crippen LogP contribution in [0.4, 0.5) is 4.39 Å². The Morgan fingerprint density at radius 3 is 2.86 bits per heavy atom. The summed E-state index contributed by atoms with van der Waals surface area (Å²) in [4.78, 5) is 6.34. The van der Waals surface area contributed by atoms with Crippen molar-refractivity contribution in [3.05, 3.63) is 48.0 Å². The van der Waals surface area contributed by atoms with Crippen molar-refractivity contribution < 1.29 is 8.81 Å². The molecule has 0 saturated carbocycles. The third-order valence-corrected chi connectivity index (χ3v) is 3.35. The molecular weight excluding hydrogens is 384 g/mol. The first kappa shape index (κ1) is 15.8. The zero-order valence-electron chi connectivity index (χ0n) is 11.7. The highest BCUT2D eigenvalue weighted by Gasteiger charge is 2.13. The van der Waals surface area contributed by atoms with Crippen LogP contribution in [-0.4, -0.2) is 31.0 Å². The van der Waals surface area contributed by atoms with Crippen LogP contribution in [0.3, 0.4) is 0 Å². The van der Waals surface area contributed by atoms with Gasteiger partial charge in [0.05, 0.1) is 12.8 Å². The molecule has 1 aromatic carbocycles. The number of rotatable bonds is 3. The molecule has 0 fully saturated rings. The Balaban J connectivity index is 0.00000161. The van der Waals surface area contributed by atoms with Crippen LogP contribution in [0.1, 0.15) is 5.56 Å². The number of guanidine groups is 1. The van der Waals surface area contributed by atoms with E-state index in [0.717, 1.165) is 24.6 Å². The van der Waals surface area contributed by atoms with E-state index >= 15 is 0 Å². The molecule has 112 valence electrons. The Bertz CT molecular complexity index is 628. The Labute approximate surface area is 140 Å². The quantitative estimate of drug-likeness (QED) is 0.804. The Morgan fingerprint density at radius 1 is 1.38 bits per heavy atom. The van der Waals surface area contributed by atoms with Crippen LogP contribution in [0.2, 0.25) is 0 Å². The lowest BCUT2D eigenvalue weighted by atomic mass is 10.1. The van der Waals surface area contributed by atoms with Crippen molar-refractivity contribution >= 4 is 29.9 Å². The molecule has 1 aromatic heterocycles. The fraction of sp³-hybridized carbons (Fsp3) is 0.267. The van der Waals surface area contributed by atoms with E-state index < -0.39 is 0 Å². The summed E-state index contributed by atoms with van der Waals surface area (Å²) < 4.78 is 19.3. The van der Waals surface area contributed by atoms with Crippen LogP contribution in [0, 0.1) is 5.82 Å². The van der Waals surface area contributed by atoms with Gasteiger partial charge in [0, 0.05) is 31.3 Å². The standard InChI is InChI=1S/C15H16FN3O.HI/c1-19-7-6-17-15(19)18-10-12-5-4-11(9-13(12)16)14-3-2-8-20-14;/h2-5,8-9H,6-7,10H2,1H3,(H,17,18);1H. The lowest BCUT2D eigenvalue weighted by Crippen LogP contribution is -2.35. The first-order chi connectivity index (χ1) is 9.74. The topological polar surface area (TPSA) is 40.8 Å². The third kappa shape index (κ3) is 3.55. The van der Waals surface area contributed by atoms with Crippen molar-refractivity contribution in [2.75, 3.05) is 20.1 Å². The fourth-order valence-electron chi connectivity index (χ4n) is 2.18. The van der Waals surface area contributed by atoms with Gasteiger partial charge in [-0.25, -0.2) is 4.39 Å². The van der Waals surface area contributed by atoms with Gasteiger partial charge in [-0.3, -0.25) is 4.99 Å². The highest BCUT2D eigenvalue weighted by molar-refractivity contribution is 14.0. The maximum atomic E-state index is 14.1. The summed E-state index contributed by atoms with van der Waals surface area (Å²) in [7, 11) is 1.97. The van der Waals surface area contributed by atoms with Gasteiger partial charge < -0.3 is 14.6 Å². The summed E-state index contributed by atoms with van der Waals surface area (Å²) in [6.07, 6.45) is 1.58. The summed E-state index contributed by atoms with van der Waals surface area (Å²) >= 11 is 0. The Hall–Kier alpha value is -1.57. The molecule has 1 aliphatic heterocycles. The van der Waals surface area contributed by atoms with E-state index in [0.29, 0.717) is 17.9 Å². The van der Waals surface area contributed by atoms with Gasteiger partial charge in [-0.05, 0) is 18.2 Å². The highest BCUT2D eigenvalue weighted by Crippen LogP contribution is 2.22. The predicted octanol–water partition coefficient (Wildman–Crippen LogP) is 3.09. The molecule has 0 unspecified atom stereocenters. The Kier molecular flexibility index (Phi) is 5.22. The van der Waals surface area contributed by atoms with Crippen molar-refractivity contribution in [3.8, 4) is 11.3 Å². The molecule has 1 N–H and O–H groups in total. The van der Waals surface area contributed by atoms with E-state index in [4.69, 9.17) is 4.42 Å². The predicted molar refractivity (Wildman–Crippen MR) is 91.3 cm³/mol. The highest BCUT2D eigenvalue weighted by atomic mass is 127. The van der Waals surface area contributed by atoms with Crippen molar-refractivity contribution in [1.29, 1.82) is 0 Å². The number of furan rings is 1. The van der Waals surface area contributed by atoms with Crippen molar-refractivity contribution in [2.24, 2.45) is 4.99 Å². The second-order valence-corrected chi connectivity index (χ2v) is 4.76. The number of hydrogen-bond donors (Lipinski definition) is 1. The van der Waals surface area contributed by atoms with Gasteiger partial charge in [0.1, 0.15) is 11.6 Å². The fourth-order valence-corrected chi connectivity index (χ4v) is 2.18. The van der Waals surface area contributed by atoms with Gasteiger partial charge in [-0.15, -0.1) is 24.0 Å². The summed E-state index contributed by atoms with van der Waals surface area (Å²) in [5.41, 5.74) is 1.36. The van der Waals surface area contributed by atoms with Gasteiger partial charge in [0.2, 0.25) is 0 Å². The average molecular weight is 401 g/mol. The molecule has 1 aliphatic rings. The number of benzene rings is 1. The van der Waals surface area contributed by atoms with E-state index in [1.807, 2.05) is 24.1 Å². The van der Waals surface area contributed by atoms with Gasteiger partial charge in [0.25, 0.3) is 0 Å². The van der Waals surface area contributed by atoms with E-state index in [1.165, 1.54) is 6.07 Å². The smallest absolute Gasteiger partial charge is 0.194 e. The molecule has 0 atom stereocenters. The molecule has 2 aromatic rings. The molecule has 0 amide bonds. The zero-order chi connectivity index (χ0) is 13.9. The molecule has 4 nitrogen and oxygen atoms in total. The minimum absolute atomic E-state index is 0. The number of halogens is 2. The molecule has 3 rings (SSSR count). The number of aliphatic imine (C=N–C) groups is 1. The van der Waals surface area contributed by atoms with Gasteiger partial charge in [-0.2, -0.15) is 0 Å². The zero-order valence-corrected chi connectivity index (χ0v) is 14.0. The van der Waals surface area contributed by atoms with Crippen LogP contribution in [0.15, 0.2) is 46.0 Å². The number of likely N-dealkylation sites (N-methyl/N-ethyl adjacent to an activating group) is 1.